The Morgan fingerprint density at radius 2 is 1.50 bits per heavy atom. The molecule has 0 bridgehead atoms. The van der Waals surface area contributed by atoms with E-state index in [0.29, 0.717) is 5.75 Å². The molecule has 0 amide bonds. The SMILES string of the molecule is CC(C)(C)c1ccc([S+](CCC(=O)O)c2ccccc2)cc1. The Kier molecular flexibility index (Phi) is 5.30. The molecule has 1 atom stereocenters. The smallest absolute Gasteiger partial charge is 0.308 e. The molecule has 2 rings (SSSR count). The van der Waals surface area contributed by atoms with E-state index >= 15 is 0 Å². The molecule has 0 fully saturated rings. The minimum absolute atomic E-state index is 0.130. The maximum atomic E-state index is 11.0. The first-order valence-corrected chi connectivity index (χ1v) is 8.85. The lowest BCUT2D eigenvalue weighted by Gasteiger charge is -2.19. The van der Waals surface area contributed by atoms with E-state index < -0.39 is 5.97 Å². The standard InChI is InChI=1S/C19H22O2S/c1-19(2,3)15-9-11-17(12-10-15)22(14-13-18(20)21)16-7-5-4-6-8-16/h4-12H,13-14H2,1-3H3/p+1. The predicted molar refractivity (Wildman–Crippen MR) is 92.6 cm³/mol. The molecule has 0 heterocycles. The highest BCUT2D eigenvalue weighted by Gasteiger charge is 2.26. The Bertz CT molecular complexity index is 612. The topological polar surface area (TPSA) is 37.3 Å². The highest BCUT2D eigenvalue weighted by Crippen LogP contribution is 2.28. The van der Waals surface area contributed by atoms with Crippen LogP contribution in [0.3, 0.4) is 0 Å². The zero-order valence-corrected chi connectivity index (χ0v) is 14.2. The van der Waals surface area contributed by atoms with E-state index in [9.17, 15) is 4.79 Å². The van der Waals surface area contributed by atoms with Gasteiger partial charge >= 0.3 is 5.97 Å². The van der Waals surface area contributed by atoms with Crippen LogP contribution in [0.2, 0.25) is 0 Å². The molecule has 2 nitrogen and oxygen atoms in total. The Morgan fingerprint density at radius 1 is 0.955 bits per heavy atom. The number of aliphatic carboxylic acids is 1. The fraction of sp³-hybridized carbons (Fsp3) is 0.316. The monoisotopic (exact) mass is 315 g/mol. The second-order valence-electron chi connectivity index (χ2n) is 6.33. The fourth-order valence-electron chi connectivity index (χ4n) is 2.27. The van der Waals surface area contributed by atoms with E-state index in [4.69, 9.17) is 5.11 Å². The van der Waals surface area contributed by atoms with Gasteiger partial charge in [0.2, 0.25) is 0 Å². The van der Waals surface area contributed by atoms with Crippen molar-refractivity contribution in [2.75, 3.05) is 5.75 Å². The highest BCUT2D eigenvalue weighted by atomic mass is 32.2. The highest BCUT2D eigenvalue weighted by molar-refractivity contribution is 7.97. The zero-order chi connectivity index (χ0) is 16.2. The van der Waals surface area contributed by atoms with Crippen LogP contribution in [0.25, 0.3) is 0 Å². The number of hydrogen-bond donors (Lipinski definition) is 1. The lowest BCUT2D eigenvalue weighted by molar-refractivity contribution is -0.136. The van der Waals surface area contributed by atoms with Gasteiger partial charge in [-0.2, -0.15) is 0 Å². The van der Waals surface area contributed by atoms with Crippen LogP contribution in [0.15, 0.2) is 64.4 Å². The van der Waals surface area contributed by atoms with Crippen LogP contribution in [-0.4, -0.2) is 16.8 Å². The third-order valence-electron chi connectivity index (χ3n) is 3.55. The molecule has 2 aromatic rings. The van der Waals surface area contributed by atoms with Gasteiger partial charge < -0.3 is 5.11 Å². The van der Waals surface area contributed by atoms with E-state index in [1.807, 2.05) is 18.2 Å². The van der Waals surface area contributed by atoms with Gasteiger partial charge in [-0.05, 0) is 35.2 Å². The van der Waals surface area contributed by atoms with E-state index in [1.165, 1.54) is 15.4 Å². The lowest BCUT2D eigenvalue weighted by Crippen LogP contribution is -2.14. The van der Waals surface area contributed by atoms with Crippen molar-refractivity contribution >= 4 is 16.9 Å². The van der Waals surface area contributed by atoms with Crippen molar-refractivity contribution < 1.29 is 9.90 Å². The van der Waals surface area contributed by atoms with Crippen molar-refractivity contribution in [1.82, 2.24) is 0 Å². The summed E-state index contributed by atoms with van der Waals surface area (Å²) < 4.78 is 0. The van der Waals surface area contributed by atoms with Crippen LogP contribution in [0, 0.1) is 0 Å². The molecule has 3 heteroatoms. The average molecular weight is 315 g/mol. The Morgan fingerprint density at radius 3 is 2.00 bits per heavy atom. The molecule has 0 saturated carbocycles. The van der Waals surface area contributed by atoms with Gasteiger partial charge in [-0.15, -0.1) is 0 Å². The first-order valence-electron chi connectivity index (χ1n) is 7.46. The summed E-state index contributed by atoms with van der Waals surface area (Å²) >= 11 is 0. The number of carbonyl (C=O) groups is 1. The number of rotatable bonds is 5. The van der Waals surface area contributed by atoms with Crippen molar-refractivity contribution in [2.24, 2.45) is 0 Å². The normalized spacial score (nSPS) is 12.9. The first kappa shape index (κ1) is 16.6. The van der Waals surface area contributed by atoms with Gasteiger partial charge in [-0.25, -0.2) is 0 Å². The second-order valence-corrected chi connectivity index (χ2v) is 8.46. The summed E-state index contributed by atoms with van der Waals surface area (Å²) in [6.45, 7) is 6.59. The number of benzene rings is 2. The molecule has 0 radical (unpaired) electrons. The van der Waals surface area contributed by atoms with Crippen LogP contribution in [0.1, 0.15) is 32.8 Å². The zero-order valence-electron chi connectivity index (χ0n) is 13.4. The van der Waals surface area contributed by atoms with Crippen molar-refractivity contribution in [3.05, 3.63) is 60.2 Å². The molecule has 116 valence electrons. The maximum absolute atomic E-state index is 11.0. The summed E-state index contributed by atoms with van der Waals surface area (Å²) in [4.78, 5) is 13.4. The average Bonchev–Trinajstić information content (AvgIpc) is 2.48. The minimum atomic E-state index is -0.736. The molecule has 0 aliphatic carbocycles. The predicted octanol–water partition coefficient (Wildman–Crippen LogP) is 4.50. The van der Waals surface area contributed by atoms with Gasteiger partial charge in [0, 0.05) is 0 Å². The van der Waals surface area contributed by atoms with Gasteiger partial charge in [-0.1, -0.05) is 51.1 Å². The van der Waals surface area contributed by atoms with Crippen LogP contribution in [0.4, 0.5) is 0 Å². The quantitative estimate of drug-likeness (QED) is 0.825. The number of hydrogen-bond acceptors (Lipinski definition) is 1. The molecular formula is C19H23O2S+. The van der Waals surface area contributed by atoms with Crippen molar-refractivity contribution in [2.45, 2.75) is 42.4 Å². The van der Waals surface area contributed by atoms with Gasteiger partial charge in [0.25, 0.3) is 0 Å². The molecule has 1 unspecified atom stereocenters. The first-order chi connectivity index (χ1) is 10.4. The largest absolute Gasteiger partial charge is 0.481 e. The summed E-state index contributed by atoms with van der Waals surface area (Å²) in [6.07, 6.45) is 0.193. The molecule has 0 aromatic heterocycles. The molecule has 0 spiro atoms. The van der Waals surface area contributed by atoms with Crippen LogP contribution in [0.5, 0.6) is 0 Å². The van der Waals surface area contributed by atoms with Crippen molar-refractivity contribution in [3.8, 4) is 0 Å². The minimum Gasteiger partial charge on any atom is -0.481 e. The van der Waals surface area contributed by atoms with Gasteiger partial charge in [0.1, 0.15) is 5.75 Å². The van der Waals surface area contributed by atoms with Gasteiger partial charge in [0.15, 0.2) is 9.79 Å². The fourth-order valence-corrected chi connectivity index (χ4v) is 4.34. The summed E-state index contributed by atoms with van der Waals surface area (Å²) in [7, 11) is -0.188. The van der Waals surface area contributed by atoms with E-state index in [2.05, 4.69) is 57.2 Å². The maximum Gasteiger partial charge on any atom is 0.308 e. The summed E-state index contributed by atoms with van der Waals surface area (Å²) in [5, 5.41) is 9.01. The number of carboxylic acids is 1. The molecular weight excluding hydrogens is 292 g/mol. The second kappa shape index (κ2) is 7.01. The van der Waals surface area contributed by atoms with E-state index in [0.717, 1.165) is 0 Å². The molecule has 2 aromatic carbocycles. The van der Waals surface area contributed by atoms with Crippen molar-refractivity contribution in [3.63, 3.8) is 0 Å². The summed E-state index contributed by atoms with van der Waals surface area (Å²) in [5.74, 6) is -0.0893. The van der Waals surface area contributed by atoms with Crippen molar-refractivity contribution in [1.29, 1.82) is 0 Å². The third-order valence-corrected chi connectivity index (χ3v) is 5.85. The molecule has 1 N–H and O–H groups in total. The van der Waals surface area contributed by atoms with Gasteiger partial charge in [0.05, 0.1) is 17.3 Å². The summed E-state index contributed by atoms with van der Waals surface area (Å²) in [5.41, 5.74) is 1.43. The molecule has 22 heavy (non-hydrogen) atoms. The Labute approximate surface area is 135 Å². The van der Waals surface area contributed by atoms with Gasteiger partial charge in [-0.3, -0.25) is 4.79 Å². The van der Waals surface area contributed by atoms with Crippen LogP contribution >= 0.6 is 0 Å². The molecule has 0 aliphatic rings. The van der Waals surface area contributed by atoms with E-state index in [1.54, 1.807) is 0 Å². The molecule has 0 saturated heterocycles. The Balaban J connectivity index is 2.30. The Hall–Kier alpha value is -1.74. The van der Waals surface area contributed by atoms with Crippen LogP contribution < -0.4 is 0 Å². The third kappa shape index (κ3) is 4.38. The van der Waals surface area contributed by atoms with E-state index in [-0.39, 0.29) is 22.7 Å². The van der Waals surface area contributed by atoms with Crippen LogP contribution in [-0.2, 0) is 21.1 Å². The lowest BCUT2D eigenvalue weighted by atomic mass is 9.87. The summed E-state index contributed by atoms with van der Waals surface area (Å²) in [6, 6.07) is 18.8. The molecule has 0 aliphatic heterocycles. The number of carboxylic acid groups (broad SMARTS) is 1.